The normalized spacial score (nSPS) is 10.6. The van der Waals surface area contributed by atoms with Gasteiger partial charge in [0, 0.05) is 57.8 Å². The number of thiocarbonyl (C=S) groups is 1. The van der Waals surface area contributed by atoms with E-state index in [2.05, 4.69) is 21.7 Å². The average Bonchev–Trinajstić information content (AvgIpc) is 3.36. The van der Waals surface area contributed by atoms with Crippen LogP contribution in [0.15, 0.2) is 55.0 Å². The number of amides is 1. The number of nitrogens with zero attached hydrogens (tertiary/aromatic N) is 4. The summed E-state index contributed by atoms with van der Waals surface area (Å²) in [5, 5.41) is 16.8. The Morgan fingerprint density at radius 3 is 2.72 bits per heavy atom. The number of carbonyl (C=O) groups excluding carboxylic acids is 1. The van der Waals surface area contributed by atoms with Gasteiger partial charge < -0.3 is 24.8 Å². The van der Waals surface area contributed by atoms with Gasteiger partial charge in [0.25, 0.3) is 0 Å². The van der Waals surface area contributed by atoms with E-state index in [1.54, 1.807) is 30.7 Å². The summed E-state index contributed by atoms with van der Waals surface area (Å²) in [6.45, 7) is 5.86. The molecule has 3 aromatic rings. The molecule has 0 radical (unpaired) electrons. The quantitative estimate of drug-likeness (QED) is 0.211. The summed E-state index contributed by atoms with van der Waals surface area (Å²) in [7, 11) is 0. The van der Waals surface area contributed by atoms with Gasteiger partial charge in [-0.2, -0.15) is 5.26 Å². The molecule has 0 unspecified atom stereocenters. The first-order valence-electron chi connectivity index (χ1n) is 12.7. The zero-order valence-corrected chi connectivity index (χ0v) is 24.2. The summed E-state index contributed by atoms with van der Waals surface area (Å²) in [5.74, 6) is -0.118. The highest BCUT2D eigenvalue weighted by molar-refractivity contribution is 7.80. The number of halogens is 2. The average molecular weight is 588 g/mol. The molecule has 2 aromatic carbocycles. The van der Waals surface area contributed by atoms with Crippen LogP contribution < -0.4 is 10.6 Å². The zero-order valence-electron chi connectivity index (χ0n) is 21.8. The first-order valence-corrected chi connectivity index (χ1v) is 13.9. The van der Waals surface area contributed by atoms with Gasteiger partial charge in [0.05, 0.1) is 34.4 Å². The molecule has 1 amide bonds. The predicted molar refractivity (Wildman–Crippen MR) is 158 cm³/mol. The van der Waals surface area contributed by atoms with Gasteiger partial charge in [-0.1, -0.05) is 47.5 Å². The van der Waals surface area contributed by atoms with Crippen molar-refractivity contribution in [1.29, 1.82) is 5.26 Å². The van der Waals surface area contributed by atoms with E-state index in [1.807, 2.05) is 40.7 Å². The van der Waals surface area contributed by atoms with Crippen molar-refractivity contribution in [2.75, 3.05) is 32.8 Å². The van der Waals surface area contributed by atoms with Crippen LogP contribution in [-0.2, 0) is 29.0 Å². The third-order valence-corrected chi connectivity index (χ3v) is 7.17. The number of nitriles is 1. The van der Waals surface area contributed by atoms with Crippen LogP contribution in [0.25, 0.3) is 0 Å². The standard InChI is InChI=1S/C28H32Cl2N6O2S/c1-2-38-14-4-11-34-28(39)35(19-23-5-3-6-25(29)27(23)30)13-12-33-26(37)15-24-17-32-20-36(24)18-22-9-7-21(16-31)8-10-22/h3,5-10,17,20H,2,4,11-15,18-19H2,1H3,(H,33,37)(H,34,39). The molecule has 0 saturated heterocycles. The Hall–Kier alpha value is -3.16. The third kappa shape index (κ3) is 9.83. The lowest BCUT2D eigenvalue weighted by molar-refractivity contribution is -0.120. The van der Waals surface area contributed by atoms with Gasteiger partial charge in [-0.3, -0.25) is 4.79 Å². The molecule has 2 N–H and O–H groups in total. The fraction of sp³-hybridized carbons (Fsp3) is 0.357. The van der Waals surface area contributed by atoms with Gasteiger partial charge in [0.2, 0.25) is 5.91 Å². The smallest absolute Gasteiger partial charge is 0.226 e. The molecule has 0 aliphatic carbocycles. The third-order valence-electron chi connectivity index (χ3n) is 5.91. The maximum Gasteiger partial charge on any atom is 0.226 e. The molecule has 3 rings (SSSR count). The number of rotatable bonds is 14. The molecule has 0 spiro atoms. The SMILES string of the molecule is CCOCCCNC(=S)N(CCNC(=O)Cc1cncn1Cc1ccc(C#N)cc1)Cc1cccc(Cl)c1Cl. The first kappa shape index (κ1) is 30.4. The fourth-order valence-electron chi connectivity index (χ4n) is 3.83. The molecule has 206 valence electrons. The van der Waals surface area contributed by atoms with Gasteiger partial charge >= 0.3 is 0 Å². The molecule has 8 nitrogen and oxygen atoms in total. The maximum atomic E-state index is 12.8. The second kappa shape index (κ2) is 16.1. The molecule has 0 saturated carbocycles. The van der Waals surface area contributed by atoms with Gasteiger partial charge in [0.15, 0.2) is 5.11 Å². The van der Waals surface area contributed by atoms with E-state index in [4.69, 9.17) is 45.4 Å². The highest BCUT2D eigenvalue weighted by atomic mass is 35.5. The first-order chi connectivity index (χ1) is 18.9. The van der Waals surface area contributed by atoms with Crippen molar-refractivity contribution < 1.29 is 9.53 Å². The molecule has 0 aliphatic heterocycles. The van der Waals surface area contributed by atoms with E-state index >= 15 is 0 Å². The number of benzene rings is 2. The highest BCUT2D eigenvalue weighted by Crippen LogP contribution is 2.26. The molecule has 1 heterocycles. The van der Waals surface area contributed by atoms with E-state index < -0.39 is 0 Å². The summed E-state index contributed by atoms with van der Waals surface area (Å²) in [4.78, 5) is 18.9. The van der Waals surface area contributed by atoms with Crippen molar-refractivity contribution in [2.24, 2.45) is 0 Å². The zero-order chi connectivity index (χ0) is 28.0. The minimum absolute atomic E-state index is 0.118. The van der Waals surface area contributed by atoms with Crippen molar-refractivity contribution in [1.82, 2.24) is 25.1 Å². The molecule has 0 aliphatic rings. The van der Waals surface area contributed by atoms with Crippen molar-refractivity contribution in [3.05, 3.63) is 87.4 Å². The van der Waals surface area contributed by atoms with Crippen LogP contribution >= 0.6 is 35.4 Å². The van der Waals surface area contributed by atoms with Crippen molar-refractivity contribution in [2.45, 2.75) is 32.9 Å². The Bertz CT molecular complexity index is 1280. The Morgan fingerprint density at radius 1 is 1.18 bits per heavy atom. The predicted octanol–water partition coefficient (Wildman–Crippen LogP) is 4.57. The van der Waals surface area contributed by atoms with Gasteiger partial charge in [-0.15, -0.1) is 0 Å². The number of hydrogen-bond donors (Lipinski definition) is 2. The number of hydrogen-bond acceptors (Lipinski definition) is 5. The van der Waals surface area contributed by atoms with Crippen LogP contribution in [0.5, 0.6) is 0 Å². The van der Waals surface area contributed by atoms with Crippen molar-refractivity contribution >= 4 is 46.4 Å². The Morgan fingerprint density at radius 2 is 1.97 bits per heavy atom. The number of ether oxygens (including phenoxy) is 1. The van der Waals surface area contributed by atoms with Gasteiger partial charge in [-0.05, 0) is 54.9 Å². The van der Waals surface area contributed by atoms with Crippen LogP contribution in [0.1, 0.15) is 35.7 Å². The molecular weight excluding hydrogens is 555 g/mol. The largest absolute Gasteiger partial charge is 0.382 e. The van der Waals surface area contributed by atoms with E-state index in [9.17, 15) is 4.79 Å². The number of carbonyl (C=O) groups is 1. The molecule has 0 fully saturated rings. The van der Waals surface area contributed by atoms with E-state index in [0.717, 1.165) is 23.2 Å². The minimum atomic E-state index is -0.118. The van der Waals surface area contributed by atoms with E-state index in [-0.39, 0.29) is 12.3 Å². The monoisotopic (exact) mass is 586 g/mol. The van der Waals surface area contributed by atoms with Gasteiger partial charge in [0.1, 0.15) is 0 Å². The second-order valence-corrected chi connectivity index (χ2v) is 9.94. The lowest BCUT2D eigenvalue weighted by Gasteiger charge is -2.27. The molecule has 0 bridgehead atoms. The maximum absolute atomic E-state index is 12.8. The second-order valence-electron chi connectivity index (χ2n) is 8.77. The minimum Gasteiger partial charge on any atom is -0.382 e. The van der Waals surface area contributed by atoms with E-state index in [0.29, 0.717) is 66.7 Å². The Kier molecular flexibility index (Phi) is 12.5. The Balaban J connectivity index is 1.55. The Labute approximate surface area is 244 Å². The molecular formula is C28H32Cl2N6O2S. The summed E-state index contributed by atoms with van der Waals surface area (Å²) in [6.07, 6.45) is 4.41. The number of imidazole rings is 1. The summed E-state index contributed by atoms with van der Waals surface area (Å²) in [5.41, 5.74) is 3.27. The molecule has 1 aromatic heterocycles. The number of aromatic nitrogens is 2. The van der Waals surface area contributed by atoms with Crippen LogP contribution in [0, 0.1) is 11.3 Å². The van der Waals surface area contributed by atoms with Crippen LogP contribution in [0.3, 0.4) is 0 Å². The fourth-order valence-corrected chi connectivity index (χ4v) is 4.47. The van der Waals surface area contributed by atoms with Crippen LogP contribution in [0.4, 0.5) is 0 Å². The molecule has 11 heteroatoms. The lowest BCUT2D eigenvalue weighted by Crippen LogP contribution is -2.44. The van der Waals surface area contributed by atoms with Crippen LogP contribution in [0.2, 0.25) is 10.0 Å². The molecule has 0 atom stereocenters. The summed E-state index contributed by atoms with van der Waals surface area (Å²) >= 11 is 18.3. The topological polar surface area (TPSA) is 95.2 Å². The summed E-state index contributed by atoms with van der Waals surface area (Å²) < 4.78 is 7.32. The summed E-state index contributed by atoms with van der Waals surface area (Å²) in [6, 6.07) is 15.0. The van der Waals surface area contributed by atoms with Crippen molar-refractivity contribution in [3.63, 3.8) is 0 Å². The van der Waals surface area contributed by atoms with Crippen molar-refractivity contribution in [3.8, 4) is 6.07 Å². The highest BCUT2D eigenvalue weighted by Gasteiger charge is 2.15. The molecule has 39 heavy (non-hydrogen) atoms. The van der Waals surface area contributed by atoms with Crippen LogP contribution in [-0.4, -0.2) is 58.3 Å². The van der Waals surface area contributed by atoms with Gasteiger partial charge in [-0.25, -0.2) is 4.98 Å². The number of nitrogens with one attached hydrogen (secondary N) is 2. The van der Waals surface area contributed by atoms with E-state index in [1.165, 1.54) is 0 Å². The lowest BCUT2D eigenvalue weighted by atomic mass is 10.1.